The second-order valence-electron chi connectivity index (χ2n) is 3.07. The molecule has 74 valence electrons. The molecule has 0 saturated heterocycles. The lowest BCUT2D eigenvalue weighted by atomic mass is 10.1. The monoisotopic (exact) mass is 199 g/mol. The molecule has 0 fully saturated rings. The fourth-order valence-corrected chi connectivity index (χ4v) is 1.40. The predicted molar refractivity (Wildman–Crippen MR) is 54.6 cm³/mol. The van der Waals surface area contributed by atoms with Crippen molar-refractivity contribution in [3.05, 3.63) is 42.4 Å². The quantitative estimate of drug-likeness (QED) is 0.794. The molecule has 2 aromatic heterocycles. The van der Waals surface area contributed by atoms with E-state index in [1.165, 1.54) is 0 Å². The Labute approximate surface area is 87.0 Å². The zero-order valence-corrected chi connectivity index (χ0v) is 7.96. The minimum atomic E-state index is -0.137. The molecule has 0 aliphatic heterocycles. The Morgan fingerprint density at radius 1 is 1.40 bits per heavy atom. The van der Waals surface area contributed by atoms with Crippen molar-refractivity contribution in [2.75, 3.05) is 0 Å². The van der Waals surface area contributed by atoms with Crippen molar-refractivity contribution in [3.8, 4) is 17.3 Å². The Hall–Kier alpha value is -2.12. The lowest BCUT2D eigenvalue weighted by molar-refractivity contribution is 0.211. The van der Waals surface area contributed by atoms with Crippen LogP contribution in [-0.2, 0) is 6.73 Å². The summed E-state index contributed by atoms with van der Waals surface area (Å²) < 4.78 is 1.54. The summed E-state index contributed by atoms with van der Waals surface area (Å²) in [5, 5.41) is 17.9. The van der Waals surface area contributed by atoms with E-state index in [2.05, 4.69) is 11.1 Å². The van der Waals surface area contributed by atoms with Gasteiger partial charge in [0.25, 0.3) is 0 Å². The third-order valence-electron chi connectivity index (χ3n) is 2.10. The first-order valence-corrected chi connectivity index (χ1v) is 4.47. The molecule has 0 aliphatic rings. The Morgan fingerprint density at radius 2 is 2.27 bits per heavy atom. The highest BCUT2D eigenvalue weighted by atomic mass is 16.3. The maximum atomic E-state index is 8.95. The van der Waals surface area contributed by atoms with E-state index in [1.807, 2.05) is 18.2 Å². The summed E-state index contributed by atoms with van der Waals surface area (Å²) in [5.74, 6) is 0. The van der Waals surface area contributed by atoms with Gasteiger partial charge in [0.2, 0.25) is 0 Å². The van der Waals surface area contributed by atoms with Gasteiger partial charge in [-0.3, -0.25) is 4.98 Å². The zero-order chi connectivity index (χ0) is 10.7. The van der Waals surface area contributed by atoms with Gasteiger partial charge >= 0.3 is 0 Å². The van der Waals surface area contributed by atoms with Crippen LogP contribution in [0.2, 0.25) is 0 Å². The summed E-state index contributed by atoms with van der Waals surface area (Å²) in [7, 11) is 0. The summed E-state index contributed by atoms with van der Waals surface area (Å²) in [6, 6.07) is 7.59. The van der Waals surface area contributed by atoms with Crippen molar-refractivity contribution in [2.45, 2.75) is 6.73 Å². The molecule has 2 heterocycles. The van der Waals surface area contributed by atoms with E-state index < -0.39 is 0 Å². The minimum absolute atomic E-state index is 0.137. The van der Waals surface area contributed by atoms with Crippen LogP contribution in [0.3, 0.4) is 0 Å². The molecule has 4 heteroatoms. The lowest BCUT2D eigenvalue weighted by Gasteiger charge is -1.96. The van der Waals surface area contributed by atoms with Gasteiger partial charge in [-0.15, -0.1) is 0 Å². The molecule has 0 radical (unpaired) electrons. The van der Waals surface area contributed by atoms with Crippen LogP contribution in [0.25, 0.3) is 11.3 Å². The number of aromatic nitrogens is 2. The first-order chi connectivity index (χ1) is 7.35. The van der Waals surface area contributed by atoms with Crippen molar-refractivity contribution in [1.82, 2.24) is 9.55 Å². The second kappa shape index (κ2) is 3.95. The molecule has 2 aromatic rings. The van der Waals surface area contributed by atoms with Gasteiger partial charge in [0.05, 0.1) is 11.3 Å². The average molecular weight is 199 g/mol. The number of nitriles is 1. The molecule has 0 spiro atoms. The first-order valence-electron chi connectivity index (χ1n) is 4.47. The van der Waals surface area contributed by atoms with Crippen LogP contribution >= 0.6 is 0 Å². The van der Waals surface area contributed by atoms with Crippen molar-refractivity contribution in [3.63, 3.8) is 0 Å². The number of pyridine rings is 1. The molecule has 1 N–H and O–H groups in total. The molecular weight excluding hydrogens is 190 g/mol. The molecule has 0 bridgehead atoms. The second-order valence-corrected chi connectivity index (χ2v) is 3.07. The highest BCUT2D eigenvalue weighted by Crippen LogP contribution is 2.21. The van der Waals surface area contributed by atoms with E-state index in [-0.39, 0.29) is 6.73 Å². The van der Waals surface area contributed by atoms with Gasteiger partial charge in [0.15, 0.2) is 0 Å². The number of rotatable bonds is 2. The van der Waals surface area contributed by atoms with Crippen molar-refractivity contribution in [1.29, 1.82) is 5.26 Å². The van der Waals surface area contributed by atoms with Gasteiger partial charge in [-0.05, 0) is 12.1 Å². The Bertz CT molecular complexity index is 496. The lowest BCUT2D eigenvalue weighted by Crippen LogP contribution is -1.90. The van der Waals surface area contributed by atoms with E-state index in [9.17, 15) is 0 Å². The number of aliphatic hydroxyl groups is 1. The fourth-order valence-electron chi connectivity index (χ4n) is 1.40. The van der Waals surface area contributed by atoms with E-state index in [1.54, 1.807) is 23.2 Å². The first kappa shape index (κ1) is 9.44. The molecule has 2 rings (SSSR count). The van der Waals surface area contributed by atoms with E-state index in [0.717, 1.165) is 11.3 Å². The van der Waals surface area contributed by atoms with Gasteiger partial charge in [-0.25, -0.2) is 0 Å². The number of aliphatic hydroxyl groups excluding tert-OH is 1. The van der Waals surface area contributed by atoms with Crippen LogP contribution in [0, 0.1) is 11.3 Å². The minimum Gasteiger partial charge on any atom is -0.376 e. The summed E-state index contributed by atoms with van der Waals surface area (Å²) >= 11 is 0. The van der Waals surface area contributed by atoms with E-state index in [4.69, 9.17) is 10.4 Å². The fraction of sp³-hybridized carbons (Fsp3) is 0.0909. The average Bonchev–Trinajstić information content (AvgIpc) is 2.73. The third kappa shape index (κ3) is 1.73. The smallest absolute Gasteiger partial charge is 0.119 e. The molecule has 15 heavy (non-hydrogen) atoms. The highest BCUT2D eigenvalue weighted by Gasteiger charge is 2.08. The van der Waals surface area contributed by atoms with Gasteiger partial charge in [-0.2, -0.15) is 5.26 Å². The van der Waals surface area contributed by atoms with Gasteiger partial charge in [0, 0.05) is 24.2 Å². The number of hydrogen-bond acceptors (Lipinski definition) is 3. The largest absolute Gasteiger partial charge is 0.376 e. The molecular formula is C11H9N3O. The van der Waals surface area contributed by atoms with Crippen LogP contribution < -0.4 is 0 Å². The predicted octanol–water partition coefficient (Wildman–Crippen LogP) is 1.37. The maximum Gasteiger partial charge on any atom is 0.119 e. The van der Waals surface area contributed by atoms with Crippen molar-refractivity contribution >= 4 is 0 Å². The summed E-state index contributed by atoms with van der Waals surface area (Å²) in [4.78, 5) is 4.16. The van der Waals surface area contributed by atoms with Crippen LogP contribution in [0.4, 0.5) is 0 Å². The van der Waals surface area contributed by atoms with Gasteiger partial charge < -0.3 is 9.67 Å². The molecule has 4 nitrogen and oxygen atoms in total. The SMILES string of the molecule is N#Cc1cn(CO)cc1-c1ccccn1. The highest BCUT2D eigenvalue weighted by molar-refractivity contribution is 5.66. The summed E-state index contributed by atoms with van der Waals surface area (Å²) in [6.45, 7) is -0.137. The number of hydrogen-bond donors (Lipinski definition) is 1. The van der Waals surface area contributed by atoms with E-state index in [0.29, 0.717) is 5.56 Å². The molecule has 0 atom stereocenters. The van der Waals surface area contributed by atoms with Crippen molar-refractivity contribution < 1.29 is 5.11 Å². The molecule has 0 amide bonds. The Balaban J connectivity index is 2.53. The number of nitrogens with zero attached hydrogens (tertiary/aromatic N) is 3. The molecule has 0 aromatic carbocycles. The van der Waals surface area contributed by atoms with Crippen molar-refractivity contribution in [2.24, 2.45) is 0 Å². The molecule has 0 saturated carbocycles. The van der Waals surface area contributed by atoms with Gasteiger partial charge in [0.1, 0.15) is 12.8 Å². The van der Waals surface area contributed by atoms with Crippen LogP contribution in [0.15, 0.2) is 36.8 Å². The summed E-state index contributed by atoms with van der Waals surface area (Å²) in [5.41, 5.74) is 2.00. The summed E-state index contributed by atoms with van der Waals surface area (Å²) in [6.07, 6.45) is 4.98. The van der Waals surface area contributed by atoms with Crippen LogP contribution in [0.5, 0.6) is 0 Å². The van der Waals surface area contributed by atoms with E-state index >= 15 is 0 Å². The Kier molecular flexibility index (Phi) is 2.48. The van der Waals surface area contributed by atoms with Crippen LogP contribution in [-0.4, -0.2) is 14.7 Å². The zero-order valence-electron chi connectivity index (χ0n) is 7.96. The molecule has 0 aliphatic carbocycles. The maximum absolute atomic E-state index is 8.95. The standard InChI is InChI=1S/C11H9N3O/c12-5-9-6-14(8-15)7-10(9)11-3-1-2-4-13-11/h1-4,6-7,15H,8H2. The van der Waals surface area contributed by atoms with Gasteiger partial charge in [-0.1, -0.05) is 6.07 Å². The molecule has 0 unspecified atom stereocenters. The van der Waals surface area contributed by atoms with Crippen LogP contribution in [0.1, 0.15) is 5.56 Å². The third-order valence-corrected chi connectivity index (χ3v) is 2.10. The normalized spacial score (nSPS) is 9.87. The topological polar surface area (TPSA) is 61.8 Å². The Morgan fingerprint density at radius 3 is 2.87 bits per heavy atom.